The van der Waals surface area contributed by atoms with Gasteiger partial charge in [-0.15, -0.1) is 0 Å². The first-order valence-electron chi connectivity index (χ1n) is 9.46. The molecular formula is C20H28N2O6. The van der Waals surface area contributed by atoms with Crippen molar-refractivity contribution in [3.8, 4) is 0 Å². The Morgan fingerprint density at radius 3 is 2.64 bits per heavy atom. The molecule has 1 aliphatic heterocycles. The fraction of sp³-hybridized carbons (Fsp3) is 0.550. The Balaban J connectivity index is 2.08. The first kappa shape index (κ1) is 21.7. The number of hydrogen-bond acceptors (Lipinski definition) is 6. The van der Waals surface area contributed by atoms with E-state index in [0.29, 0.717) is 12.8 Å². The normalized spacial score (nSPS) is 20.0. The number of esters is 1. The molecule has 1 fully saturated rings. The number of nitrogens with one attached hydrogen (secondary N) is 1. The SMILES string of the molecule is CCC[C@@H](C(=O)OC)N1CC[C@@](CCO)(NC(=O)OCc2ccccc2)C1=O. The van der Waals surface area contributed by atoms with E-state index >= 15 is 0 Å². The van der Waals surface area contributed by atoms with E-state index in [1.807, 2.05) is 37.3 Å². The molecule has 0 spiro atoms. The third-order valence-corrected chi connectivity index (χ3v) is 4.95. The molecular weight excluding hydrogens is 364 g/mol. The summed E-state index contributed by atoms with van der Waals surface area (Å²) in [5.74, 6) is -0.885. The van der Waals surface area contributed by atoms with Crippen molar-refractivity contribution < 1.29 is 29.0 Å². The number of ether oxygens (including phenoxy) is 2. The Bertz CT molecular complexity index is 681. The minimum atomic E-state index is -1.29. The van der Waals surface area contributed by atoms with Crippen LogP contribution in [-0.4, -0.2) is 59.8 Å². The average Bonchev–Trinajstić information content (AvgIpc) is 3.01. The number of alkyl carbamates (subject to hydrolysis) is 1. The van der Waals surface area contributed by atoms with Gasteiger partial charge in [-0.05, 0) is 18.4 Å². The number of rotatable bonds is 9. The highest BCUT2D eigenvalue weighted by molar-refractivity contribution is 5.94. The van der Waals surface area contributed by atoms with Gasteiger partial charge >= 0.3 is 12.1 Å². The van der Waals surface area contributed by atoms with Gasteiger partial charge in [0.15, 0.2) is 0 Å². The monoisotopic (exact) mass is 392 g/mol. The molecule has 1 saturated heterocycles. The summed E-state index contributed by atoms with van der Waals surface area (Å²) in [6.45, 7) is 1.99. The number of likely N-dealkylation sites (tertiary alicyclic amines) is 1. The minimum absolute atomic E-state index is 0.0444. The Labute approximate surface area is 164 Å². The summed E-state index contributed by atoms with van der Waals surface area (Å²) < 4.78 is 10.1. The van der Waals surface area contributed by atoms with Gasteiger partial charge in [0, 0.05) is 19.6 Å². The van der Waals surface area contributed by atoms with Crippen LogP contribution >= 0.6 is 0 Å². The molecule has 8 nitrogen and oxygen atoms in total. The number of aliphatic hydroxyl groups excluding tert-OH is 1. The fourth-order valence-corrected chi connectivity index (χ4v) is 3.46. The van der Waals surface area contributed by atoms with E-state index in [1.165, 1.54) is 12.0 Å². The molecule has 8 heteroatoms. The number of hydrogen-bond donors (Lipinski definition) is 2. The molecule has 0 aliphatic carbocycles. The predicted octanol–water partition coefficient (Wildman–Crippen LogP) is 1.61. The molecule has 0 bridgehead atoms. The van der Waals surface area contributed by atoms with Crippen molar-refractivity contribution in [2.45, 2.75) is 50.8 Å². The standard InChI is InChI=1S/C20H28N2O6/c1-3-7-16(17(24)27-2)22-12-10-20(11-13-23,18(22)25)21-19(26)28-14-15-8-5-4-6-9-15/h4-6,8-9,16,23H,3,7,10-14H2,1-2H3,(H,21,26)/t16-,20-/m0/s1. The molecule has 2 N–H and O–H groups in total. The summed E-state index contributed by atoms with van der Waals surface area (Å²) in [5.41, 5.74) is -0.468. The number of aliphatic hydroxyl groups is 1. The van der Waals surface area contributed by atoms with Gasteiger partial charge in [-0.25, -0.2) is 9.59 Å². The van der Waals surface area contributed by atoms with E-state index < -0.39 is 29.6 Å². The van der Waals surface area contributed by atoms with Crippen molar-refractivity contribution in [2.24, 2.45) is 0 Å². The molecule has 1 aromatic carbocycles. The van der Waals surface area contributed by atoms with Crippen molar-refractivity contribution in [1.29, 1.82) is 0 Å². The van der Waals surface area contributed by atoms with Crippen LogP contribution in [0.2, 0.25) is 0 Å². The average molecular weight is 392 g/mol. The van der Waals surface area contributed by atoms with Gasteiger partial charge in [0.25, 0.3) is 0 Å². The van der Waals surface area contributed by atoms with Crippen LogP contribution in [0.1, 0.15) is 38.2 Å². The summed E-state index contributed by atoms with van der Waals surface area (Å²) in [5, 5.41) is 12.1. The molecule has 1 aromatic rings. The topological polar surface area (TPSA) is 105 Å². The Morgan fingerprint density at radius 2 is 2.04 bits per heavy atom. The first-order chi connectivity index (χ1) is 13.5. The summed E-state index contributed by atoms with van der Waals surface area (Å²) in [6.07, 6.45) is 0.750. The van der Waals surface area contributed by atoms with E-state index in [9.17, 15) is 19.5 Å². The van der Waals surface area contributed by atoms with Crippen molar-refractivity contribution >= 4 is 18.0 Å². The number of carbonyl (C=O) groups is 3. The molecule has 28 heavy (non-hydrogen) atoms. The Kier molecular flexibility index (Phi) is 7.80. The zero-order valence-corrected chi connectivity index (χ0v) is 16.3. The number of benzene rings is 1. The van der Waals surface area contributed by atoms with Gasteiger partial charge in [0.1, 0.15) is 18.2 Å². The fourth-order valence-electron chi connectivity index (χ4n) is 3.46. The summed E-state index contributed by atoms with van der Waals surface area (Å²) in [4.78, 5) is 39.0. The third kappa shape index (κ3) is 5.01. The smallest absolute Gasteiger partial charge is 0.408 e. The highest BCUT2D eigenvalue weighted by Gasteiger charge is 2.50. The largest absolute Gasteiger partial charge is 0.467 e. The summed E-state index contributed by atoms with van der Waals surface area (Å²) in [7, 11) is 1.28. The van der Waals surface area contributed by atoms with Crippen molar-refractivity contribution in [1.82, 2.24) is 10.2 Å². The lowest BCUT2D eigenvalue weighted by atomic mass is 9.93. The second-order valence-corrected chi connectivity index (χ2v) is 6.82. The van der Waals surface area contributed by atoms with Gasteiger partial charge in [0.05, 0.1) is 7.11 Å². The van der Waals surface area contributed by atoms with Crippen LogP contribution in [-0.2, 0) is 25.7 Å². The molecule has 2 rings (SSSR count). The zero-order valence-electron chi connectivity index (χ0n) is 16.3. The molecule has 1 heterocycles. The van der Waals surface area contributed by atoms with E-state index in [-0.39, 0.29) is 32.6 Å². The molecule has 0 aromatic heterocycles. The molecule has 1 aliphatic rings. The maximum Gasteiger partial charge on any atom is 0.408 e. The molecule has 0 saturated carbocycles. The number of nitrogens with zero attached hydrogens (tertiary/aromatic N) is 1. The molecule has 154 valence electrons. The van der Waals surface area contributed by atoms with Crippen molar-refractivity contribution in [3.63, 3.8) is 0 Å². The molecule has 0 radical (unpaired) electrons. The van der Waals surface area contributed by atoms with Crippen molar-refractivity contribution in [3.05, 3.63) is 35.9 Å². The predicted molar refractivity (Wildman–Crippen MR) is 101 cm³/mol. The Hall–Kier alpha value is -2.61. The van der Waals surface area contributed by atoms with Crippen LogP contribution in [0, 0.1) is 0 Å². The van der Waals surface area contributed by atoms with Crippen LogP contribution in [0.25, 0.3) is 0 Å². The molecule has 2 amide bonds. The minimum Gasteiger partial charge on any atom is -0.467 e. The highest BCUT2D eigenvalue weighted by atomic mass is 16.5. The second-order valence-electron chi connectivity index (χ2n) is 6.82. The number of amides is 2. The van der Waals surface area contributed by atoms with Gasteiger partial charge in [0.2, 0.25) is 5.91 Å². The molecule has 2 atom stereocenters. The van der Waals surface area contributed by atoms with E-state index in [2.05, 4.69) is 5.32 Å². The highest BCUT2D eigenvalue weighted by Crippen LogP contribution is 2.30. The van der Waals surface area contributed by atoms with Crippen LogP contribution in [0.15, 0.2) is 30.3 Å². The first-order valence-corrected chi connectivity index (χ1v) is 9.46. The quantitative estimate of drug-likeness (QED) is 0.619. The van der Waals surface area contributed by atoms with Gasteiger partial charge in [-0.3, -0.25) is 4.79 Å². The zero-order chi connectivity index (χ0) is 20.6. The number of carbonyl (C=O) groups excluding carboxylic acids is 3. The summed E-state index contributed by atoms with van der Waals surface area (Å²) >= 11 is 0. The van der Waals surface area contributed by atoms with E-state index in [0.717, 1.165) is 5.56 Å². The van der Waals surface area contributed by atoms with Crippen LogP contribution in [0.4, 0.5) is 4.79 Å². The molecule has 0 unspecified atom stereocenters. The second kappa shape index (κ2) is 10.1. The number of methoxy groups -OCH3 is 1. The Morgan fingerprint density at radius 1 is 1.32 bits per heavy atom. The lowest BCUT2D eigenvalue weighted by Gasteiger charge is -2.30. The van der Waals surface area contributed by atoms with E-state index in [1.54, 1.807) is 0 Å². The van der Waals surface area contributed by atoms with Gasteiger partial charge in [-0.1, -0.05) is 43.7 Å². The lowest BCUT2D eigenvalue weighted by Crippen LogP contribution is -2.56. The van der Waals surface area contributed by atoms with Crippen LogP contribution in [0.3, 0.4) is 0 Å². The van der Waals surface area contributed by atoms with Crippen LogP contribution in [0.5, 0.6) is 0 Å². The van der Waals surface area contributed by atoms with Crippen molar-refractivity contribution in [2.75, 3.05) is 20.3 Å². The maximum absolute atomic E-state index is 13.1. The van der Waals surface area contributed by atoms with E-state index in [4.69, 9.17) is 9.47 Å². The lowest BCUT2D eigenvalue weighted by molar-refractivity contribution is -0.152. The maximum atomic E-state index is 13.1. The van der Waals surface area contributed by atoms with Gasteiger partial charge < -0.3 is 24.8 Å². The van der Waals surface area contributed by atoms with Crippen LogP contribution < -0.4 is 5.32 Å². The summed E-state index contributed by atoms with van der Waals surface area (Å²) in [6, 6.07) is 8.48. The third-order valence-electron chi connectivity index (χ3n) is 4.95. The van der Waals surface area contributed by atoms with Gasteiger partial charge in [-0.2, -0.15) is 0 Å².